The molecule has 2 N–H and O–H groups in total. The lowest BCUT2D eigenvalue weighted by Crippen LogP contribution is -2.28. The topological polar surface area (TPSA) is 112 Å². The van der Waals surface area contributed by atoms with Crippen LogP contribution in [0.1, 0.15) is 12.8 Å². The number of ether oxygens (including phenoxy) is 4. The van der Waals surface area contributed by atoms with Crippen LogP contribution in [0.15, 0.2) is 20.1 Å². The minimum absolute atomic E-state index is 0.172. The lowest BCUT2D eigenvalue weighted by atomic mass is 9.97. The van der Waals surface area contributed by atoms with Crippen LogP contribution >= 0.6 is 31.9 Å². The number of aliphatic hydroxyl groups is 2. The van der Waals surface area contributed by atoms with E-state index in [0.717, 1.165) is 4.48 Å². The van der Waals surface area contributed by atoms with Crippen LogP contribution in [0.2, 0.25) is 0 Å². The average molecular weight is 498 g/mol. The molecule has 0 aromatic heterocycles. The second-order valence-electron chi connectivity index (χ2n) is 6.20. The Hall–Kier alpha value is -0.780. The number of hydrogen-bond donors (Lipinski definition) is 2. The van der Waals surface area contributed by atoms with Crippen LogP contribution in [0.4, 0.5) is 0 Å². The molecule has 10 heteroatoms. The van der Waals surface area contributed by atoms with Crippen LogP contribution in [0.5, 0.6) is 0 Å². The molecule has 4 aliphatic heterocycles. The second-order valence-corrected chi connectivity index (χ2v) is 7.91. The fourth-order valence-electron chi connectivity index (χ4n) is 3.45. The van der Waals surface area contributed by atoms with Crippen molar-refractivity contribution in [3.63, 3.8) is 0 Å². The first-order valence-corrected chi connectivity index (χ1v) is 9.51. The van der Waals surface area contributed by atoms with Gasteiger partial charge in [0.05, 0.1) is 49.8 Å². The summed E-state index contributed by atoms with van der Waals surface area (Å²) in [7, 11) is 2.64. The number of rotatable bonds is 2. The molecule has 0 spiro atoms. The van der Waals surface area contributed by atoms with Crippen molar-refractivity contribution in [2.24, 2.45) is 0 Å². The predicted molar refractivity (Wildman–Crippen MR) is 94.5 cm³/mol. The molecule has 26 heavy (non-hydrogen) atoms. The van der Waals surface area contributed by atoms with E-state index in [9.17, 15) is 19.8 Å². The minimum atomic E-state index is -0.583. The number of aliphatic hydroxyl groups excluding tert-OH is 2. The van der Waals surface area contributed by atoms with Gasteiger partial charge < -0.3 is 29.2 Å². The molecule has 0 aromatic carbocycles. The lowest BCUT2D eigenvalue weighted by molar-refractivity contribution is -0.138. The molecular weight excluding hydrogens is 480 g/mol. The third kappa shape index (κ3) is 3.27. The van der Waals surface area contributed by atoms with Gasteiger partial charge in [-0.25, -0.2) is 9.59 Å². The standard InChI is InChI=1S/2C8H9BrO4/c1-12-8(11)5-6(9)4-2-3(10)7(5)13-4;1-12-8(11)5-4-2-3(10)7(13-4)6(5)9/h2*3-4,7,10H,2H2,1H3/t2*3-,4-,7+/m01/s1. The van der Waals surface area contributed by atoms with Gasteiger partial charge in [0.2, 0.25) is 0 Å². The van der Waals surface area contributed by atoms with E-state index in [2.05, 4.69) is 41.3 Å². The Morgan fingerprint density at radius 2 is 1.38 bits per heavy atom. The highest BCUT2D eigenvalue weighted by molar-refractivity contribution is 9.12. The minimum Gasteiger partial charge on any atom is -0.466 e. The molecule has 4 rings (SSSR count). The molecule has 2 saturated heterocycles. The van der Waals surface area contributed by atoms with Gasteiger partial charge in [0.15, 0.2) is 0 Å². The molecule has 4 aliphatic rings. The Kier molecular flexibility index (Phi) is 5.90. The molecular formula is C16H18Br2O8. The van der Waals surface area contributed by atoms with E-state index < -0.39 is 24.3 Å². The molecule has 2 fully saturated rings. The fourth-order valence-corrected chi connectivity index (χ4v) is 4.96. The maximum atomic E-state index is 11.3. The average Bonchev–Trinajstić information content (AvgIpc) is 3.33. The number of carbonyl (C=O) groups excluding carboxylic acids is 2. The number of halogens is 2. The van der Waals surface area contributed by atoms with E-state index in [4.69, 9.17) is 9.47 Å². The lowest BCUT2D eigenvalue weighted by Gasteiger charge is -2.15. The van der Waals surface area contributed by atoms with Crippen LogP contribution in [-0.4, -0.2) is 73.0 Å². The van der Waals surface area contributed by atoms with E-state index in [1.54, 1.807) is 0 Å². The summed E-state index contributed by atoms with van der Waals surface area (Å²) in [6.07, 6.45) is -1.43. The molecule has 0 unspecified atom stereocenters. The molecule has 4 heterocycles. The van der Waals surface area contributed by atoms with Crippen LogP contribution in [0.3, 0.4) is 0 Å². The number of carbonyl (C=O) groups is 2. The van der Waals surface area contributed by atoms with Crippen molar-refractivity contribution in [3.8, 4) is 0 Å². The number of fused-ring (bicyclic) bond motifs is 4. The van der Waals surface area contributed by atoms with E-state index in [1.165, 1.54) is 14.2 Å². The van der Waals surface area contributed by atoms with Gasteiger partial charge >= 0.3 is 11.9 Å². The molecule has 0 aromatic rings. The van der Waals surface area contributed by atoms with Crippen LogP contribution in [-0.2, 0) is 28.5 Å². The Labute approximate surface area is 166 Å². The third-order valence-corrected chi connectivity index (χ3v) is 6.51. The smallest absolute Gasteiger partial charge is 0.337 e. The summed E-state index contributed by atoms with van der Waals surface area (Å²) < 4.78 is 21.3. The zero-order chi connectivity index (χ0) is 19.2. The van der Waals surface area contributed by atoms with Crippen LogP contribution in [0.25, 0.3) is 0 Å². The van der Waals surface area contributed by atoms with Gasteiger partial charge in [0.1, 0.15) is 12.2 Å². The second kappa shape index (κ2) is 7.69. The molecule has 8 nitrogen and oxygen atoms in total. The van der Waals surface area contributed by atoms with Crippen LogP contribution in [0, 0.1) is 0 Å². The van der Waals surface area contributed by atoms with Gasteiger partial charge in [-0.05, 0) is 0 Å². The van der Waals surface area contributed by atoms with Crippen molar-refractivity contribution in [1.82, 2.24) is 0 Å². The van der Waals surface area contributed by atoms with E-state index in [0.29, 0.717) is 28.5 Å². The van der Waals surface area contributed by atoms with Gasteiger partial charge in [-0.1, -0.05) is 31.9 Å². The molecule has 4 bridgehead atoms. The van der Waals surface area contributed by atoms with Crippen molar-refractivity contribution >= 4 is 43.8 Å². The quantitative estimate of drug-likeness (QED) is 0.536. The largest absolute Gasteiger partial charge is 0.466 e. The Morgan fingerprint density at radius 3 is 1.88 bits per heavy atom. The molecule has 144 valence electrons. The summed E-state index contributed by atoms with van der Waals surface area (Å²) in [4.78, 5) is 22.5. The van der Waals surface area contributed by atoms with Gasteiger partial charge in [0, 0.05) is 21.8 Å². The summed E-state index contributed by atoms with van der Waals surface area (Å²) in [5, 5.41) is 18.9. The van der Waals surface area contributed by atoms with Crippen molar-refractivity contribution in [3.05, 3.63) is 20.1 Å². The van der Waals surface area contributed by atoms with Crippen molar-refractivity contribution in [1.29, 1.82) is 0 Å². The zero-order valence-electron chi connectivity index (χ0n) is 14.0. The van der Waals surface area contributed by atoms with Crippen molar-refractivity contribution in [2.45, 2.75) is 49.5 Å². The van der Waals surface area contributed by atoms with Crippen molar-refractivity contribution in [2.75, 3.05) is 14.2 Å². The Bertz CT molecular complexity index is 688. The first-order valence-electron chi connectivity index (χ1n) is 7.92. The normalized spacial score (nSPS) is 37.0. The number of hydrogen-bond acceptors (Lipinski definition) is 8. The van der Waals surface area contributed by atoms with Crippen LogP contribution < -0.4 is 0 Å². The highest BCUT2D eigenvalue weighted by Crippen LogP contribution is 2.43. The summed E-state index contributed by atoms with van der Waals surface area (Å²) in [6.45, 7) is 0. The first kappa shape index (κ1) is 20.0. The van der Waals surface area contributed by atoms with Gasteiger partial charge in [0.25, 0.3) is 0 Å². The molecule has 6 atom stereocenters. The van der Waals surface area contributed by atoms with Crippen molar-refractivity contribution < 1.29 is 38.7 Å². The molecule has 0 amide bonds. The highest BCUT2D eigenvalue weighted by Gasteiger charge is 2.49. The number of methoxy groups -OCH3 is 2. The Balaban J connectivity index is 0.000000151. The summed E-state index contributed by atoms with van der Waals surface area (Å²) in [6, 6.07) is 0. The summed E-state index contributed by atoms with van der Waals surface area (Å²) in [5.41, 5.74) is 0.934. The molecule has 0 saturated carbocycles. The molecule has 0 aliphatic carbocycles. The first-order chi connectivity index (χ1) is 12.3. The van der Waals surface area contributed by atoms with Gasteiger partial charge in [-0.3, -0.25) is 0 Å². The predicted octanol–water partition coefficient (Wildman–Crippen LogP) is 0.681. The van der Waals surface area contributed by atoms with Gasteiger partial charge in [-0.2, -0.15) is 0 Å². The summed E-state index contributed by atoms with van der Waals surface area (Å²) in [5.74, 6) is -0.815. The third-order valence-electron chi connectivity index (χ3n) is 4.70. The highest BCUT2D eigenvalue weighted by atomic mass is 79.9. The SMILES string of the molecule is COC(=O)C1=C(Br)[C@@H]2C[C@H](O)[C@H]1O2.COC(=O)C1=C(Br)[C@H]2O[C@@H]1C[C@H]2O. The monoisotopic (exact) mass is 496 g/mol. The maximum absolute atomic E-state index is 11.3. The molecule has 0 radical (unpaired) electrons. The zero-order valence-corrected chi connectivity index (χ0v) is 17.2. The van der Waals surface area contributed by atoms with E-state index in [-0.39, 0.29) is 24.3 Å². The van der Waals surface area contributed by atoms with Gasteiger partial charge in [-0.15, -0.1) is 0 Å². The Morgan fingerprint density at radius 1 is 0.885 bits per heavy atom. The summed E-state index contributed by atoms with van der Waals surface area (Å²) >= 11 is 6.51. The maximum Gasteiger partial charge on any atom is 0.337 e. The number of esters is 2. The van der Waals surface area contributed by atoms with E-state index >= 15 is 0 Å². The van der Waals surface area contributed by atoms with E-state index in [1.807, 2.05) is 0 Å². The fraction of sp³-hybridized carbons (Fsp3) is 0.625.